The molecule has 3 aromatic rings. The number of fused-ring (bicyclic) bond motifs is 1. The molecule has 2 aromatic heterocycles. The molecule has 0 spiro atoms. The van der Waals surface area contributed by atoms with E-state index in [-0.39, 0.29) is 6.54 Å². The van der Waals surface area contributed by atoms with Crippen molar-refractivity contribution in [2.75, 3.05) is 6.54 Å². The normalized spacial score (nSPS) is 17.6. The Morgan fingerprint density at radius 3 is 2.64 bits per heavy atom. The zero-order chi connectivity index (χ0) is 19.5. The maximum Gasteiger partial charge on any atom is 0.278 e. The molecule has 146 valence electrons. The third-order valence-corrected chi connectivity index (χ3v) is 7.31. The first kappa shape index (κ1) is 17.6. The minimum atomic E-state index is -3.58. The van der Waals surface area contributed by atoms with E-state index in [0.717, 1.165) is 29.7 Å². The van der Waals surface area contributed by atoms with E-state index in [0.29, 0.717) is 41.2 Å². The van der Waals surface area contributed by atoms with E-state index >= 15 is 0 Å². The molecule has 1 aliphatic carbocycles. The number of aryl methyl sites for hydroxylation is 2. The molecule has 1 aromatic carbocycles. The van der Waals surface area contributed by atoms with Gasteiger partial charge in [0.05, 0.1) is 4.90 Å². The van der Waals surface area contributed by atoms with E-state index in [9.17, 15) is 8.42 Å². The molecule has 1 fully saturated rings. The molecule has 1 saturated carbocycles. The third-order valence-electron chi connectivity index (χ3n) is 5.45. The Labute approximate surface area is 163 Å². The minimum Gasteiger partial charge on any atom is -0.332 e. The first-order valence-corrected chi connectivity index (χ1v) is 10.8. The maximum absolute atomic E-state index is 13.1. The fourth-order valence-corrected chi connectivity index (χ4v) is 5.05. The molecule has 0 radical (unpaired) electrons. The van der Waals surface area contributed by atoms with Crippen LogP contribution in [0, 0.1) is 6.92 Å². The van der Waals surface area contributed by atoms with Crippen LogP contribution in [0.3, 0.4) is 0 Å². The Bertz CT molecular complexity index is 1140. The molecule has 0 N–H and O–H groups in total. The number of aromatic nitrogens is 4. The maximum atomic E-state index is 13.1. The van der Waals surface area contributed by atoms with E-state index in [1.54, 1.807) is 16.8 Å². The van der Waals surface area contributed by atoms with Crippen LogP contribution in [0.2, 0.25) is 0 Å². The molecular formula is C19H21N5O3S. The minimum absolute atomic E-state index is 0.246. The Kier molecular flexibility index (Phi) is 3.92. The van der Waals surface area contributed by atoms with E-state index in [4.69, 9.17) is 4.52 Å². The van der Waals surface area contributed by atoms with Crippen molar-refractivity contribution in [1.29, 1.82) is 0 Å². The fourth-order valence-electron chi connectivity index (χ4n) is 3.64. The number of sulfonamides is 1. The van der Waals surface area contributed by atoms with Gasteiger partial charge in [-0.25, -0.2) is 8.42 Å². The van der Waals surface area contributed by atoms with Crippen molar-refractivity contribution in [2.45, 2.75) is 43.5 Å². The van der Waals surface area contributed by atoms with Gasteiger partial charge in [0.1, 0.15) is 0 Å². The lowest BCUT2D eigenvalue weighted by molar-refractivity contribution is 0.385. The number of hydrogen-bond acceptors (Lipinski definition) is 6. The monoisotopic (exact) mass is 399 g/mol. The summed E-state index contributed by atoms with van der Waals surface area (Å²) in [5, 5.41) is 8.62. The predicted octanol–water partition coefficient (Wildman–Crippen LogP) is 2.40. The zero-order valence-electron chi connectivity index (χ0n) is 15.8. The molecule has 8 nitrogen and oxygen atoms in total. The van der Waals surface area contributed by atoms with Gasteiger partial charge in [0, 0.05) is 43.7 Å². The Balaban J connectivity index is 1.50. The van der Waals surface area contributed by atoms with Gasteiger partial charge in [-0.05, 0) is 31.9 Å². The second kappa shape index (κ2) is 6.25. The first-order valence-electron chi connectivity index (χ1n) is 9.39. The number of nitrogens with zero attached hydrogens (tertiary/aromatic N) is 5. The summed E-state index contributed by atoms with van der Waals surface area (Å²) in [6, 6.07) is 6.94. The topological polar surface area (TPSA) is 94.1 Å². The molecule has 28 heavy (non-hydrogen) atoms. The largest absolute Gasteiger partial charge is 0.332 e. The highest BCUT2D eigenvalue weighted by Crippen LogP contribution is 2.39. The summed E-state index contributed by atoms with van der Waals surface area (Å²) < 4.78 is 35.0. The summed E-state index contributed by atoms with van der Waals surface area (Å²) in [7, 11) is -1.71. The summed E-state index contributed by atoms with van der Waals surface area (Å²) in [4.78, 5) is 4.80. The van der Waals surface area contributed by atoms with Gasteiger partial charge >= 0.3 is 0 Å². The van der Waals surface area contributed by atoms with E-state index in [2.05, 4.69) is 15.2 Å². The van der Waals surface area contributed by atoms with Crippen LogP contribution in [0.25, 0.3) is 11.6 Å². The smallest absolute Gasteiger partial charge is 0.278 e. The van der Waals surface area contributed by atoms with Gasteiger partial charge in [-0.3, -0.25) is 4.68 Å². The van der Waals surface area contributed by atoms with Gasteiger partial charge < -0.3 is 4.52 Å². The SMILES string of the molecule is Cc1ccc(S(=O)(=O)N2CCc3c(c(-c4nc(C5CC5)no4)nn3C)C2)cc1. The van der Waals surface area contributed by atoms with E-state index < -0.39 is 10.0 Å². The molecule has 5 rings (SSSR count). The number of hydrogen-bond donors (Lipinski definition) is 0. The molecule has 0 amide bonds. The molecule has 1 aliphatic heterocycles. The summed E-state index contributed by atoms with van der Waals surface area (Å²) in [6.07, 6.45) is 2.76. The van der Waals surface area contributed by atoms with Crippen molar-refractivity contribution in [3.8, 4) is 11.6 Å². The van der Waals surface area contributed by atoms with Crippen LogP contribution < -0.4 is 0 Å². The number of benzene rings is 1. The highest BCUT2D eigenvalue weighted by atomic mass is 32.2. The van der Waals surface area contributed by atoms with Gasteiger partial charge in [0.2, 0.25) is 10.0 Å². The molecule has 2 aliphatic rings. The quantitative estimate of drug-likeness (QED) is 0.669. The van der Waals surface area contributed by atoms with Gasteiger partial charge in [-0.1, -0.05) is 22.9 Å². The Hall–Kier alpha value is -2.52. The highest BCUT2D eigenvalue weighted by molar-refractivity contribution is 7.89. The van der Waals surface area contributed by atoms with Crippen molar-refractivity contribution in [2.24, 2.45) is 7.05 Å². The second-order valence-electron chi connectivity index (χ2n) is 7.53. The third kappa shape index (κ3) is 2.85. The fraction of sp³-hybridized carbons (Fsp3) is 0.421. The molecule has 0 saturated heterocycles. The lowest BCUT2D eigenvalue weighted by atomic mass is 10.1. The average Bonchev–Trinajstić information content (AvgIpc) is 3.33. The molecule has 3 heterocycles. The molecule has 0 bridgehead atoms. The number of rotatable bonds is 4. The molecule has 9 heteroatoms. The van der Waals surface area contributed by atoms with Crippen LogP contribution in [0.15, 0.2) is 33.7 Å². The van der Waals surface area contributed by atoms with Crippen LogP contribution in [0.1, 0.15) is 41.4 Å². The average molecular weight is 399 g/mol. The second-order valence-corrected chi connectivity index (χ2v) is 9.47. The lowest BCUT2D eigenvalue weighted by Crippen LogP contribution is -2.36. The van der Waals surface area contributed by atoms with Crippen molar-refractivity contribution in [3.05, 3.63) is 46.9 Å². The summed E-state index contributed by atoms with van der Waals surface area (Å²) in [5.41, 5.74) is 3.46. The Morgan fingerprint density at radius 2 is 1.93 bits per heavy atom. The van der Waals surface area contributed by atoms with Crippen molar-refractivity contribution >= 4 is 10.0 Å². The van der Waals surface area contributed by atoms with Crippen molar-refractivity contribution in [1.82, 2.24) is 24.2 Å². The molecular weight excluding hydrogens is 378 g/mol. The van der Waals surface area contributed by atoms with Gasteiger partial charge in [-0.15, -0.1) is 0 Å². The Morgan fingerprint density at radius 1 is 1.18 bits per heavy atom. The molecule has 0 atom stereocenters. The van der Waals surface area contributed by atoms with Crippen LogP contribution in [0.4, 0.5) is 0 Å². The van der Waals surface area contributed by atoms with Crippen molar-refractivity contribution in [3.63, 3.8) is 0 Å². The lowest BCUT2D eigenvalue weighted by Gasteiger charge is -2.26. The predicted molar refractivity (Wildman–Crippen MR) is 101 cm³/mol. The van der Waals surface area contributed by atoms with E-state index in [1.165, 1.54) is 4.31 Å². The highest BCUT2D eigenvalue weighted by Gasteiger charge is 2.35. The van der Waals surface area contributed by atoms with Crippen LogP contribution in [0.5, 0.6) is 0 Å². The standard InChI is InChI=1S/C19H21N5O3S/c1-12-3-7-14(8-4-12)28(25,26)24-10-9-16-15(11-24)17(21-23(16)2)19-20-18(22-27-19)13-5-6-13/h3-4,7-8,13H,5-6,9-11H2,1-2H3. The van der Waals surface area contributed by atoms with Crippen molar-refractivity contribution < 1.29 is 12.9 Å². The zero-order valence-corrected chi connectivity index (χ0v) is 16.6. The van der Waals surface area contributed by atoms with Crippen LogP contribution in [-0.4, -0.2) is 39.2 Å². The summed E-state index contributed by atoms with van der Waals surface area (Å²) in [6.45, 7) is 2.60. The molecule has 0 unspecified atom stereocenters. The van der Waals surface area contributed by atoms with Crippen LogP contribution >= 0.6 is 0 Å². The van der Waals surface area contributed by atoms with Crippen LogP contribution in [-0.2, 0) is 30.0 Å². The van der Waals surface area contributed by atoms with Gasteiger partial charge in [0.25, 0.3) is 5.89 Å². The van der Waals surface area contributed by atoms with Gasteiger partial charge in [-0.2, -0.15) is 14.4 Å². The summed E-state index contributed by atoms with van der Waals surface area (Å²) in [5.74, 6) is 1.47. The summed E-state index contributed by atoms with van der Waals surface area (Å²) >= 11 is 0. The first-order chi connectivity index (χ1) is 13.4. The van der Waals surface area contributed by atoms with E-state index in [1.807, 2.05) is 26.1 Å². The van der Waals surface area contributed by atoms with Gasteiger partial charge in [0.15, 0.2) is 11.5 Å².